The van der Waals surface area contributed by atoms with Gasteiger partial charge in [-0.1, -0.05) is 41.6 Å². The smallest absolute Gasteiger partial charge is 0.249 e. The fourth-order valence-corrected chi connectivity index (χ4v) is 3.83. The molecule has 1 heterocycles. The van der Waals surface area contributed by atoms with Crippen LogP contribution in [0.5, 0.6) is 0 Å². The summed E-state index contributed by atoms with van der Waals surface area (Å²) in [5.74, 6) is -2.47. The zero-order valence-electron chi connectivity index (χ0n) is 19.6. The normalized spacial score (nSPS) is 12.4. The zero-order valence-corrected chi connectivity index (χ0v) is 19.6. The van der Waals surface area contributed by atoms with Gasteiger partial charge in [0.05, 0.1) is 5.52 Å². The van der Waals surface area contributed by atoms with Crippen molar-refractivity contribution in [3.63, 3.8) is 0 Å². The van der Waals surface area contributed by atoms with E-state index in [1.165, 1.54) is 41.1 Å². The van der Waals surface area contributed by atoms with Crippen LogP contribution in [-0.2, 0) is 16.1 Å². The van der Waals surface area contributed by atoms with Gasteiger partial charge in [0.25, 0.3) is 0 Å². The van der Waals surface area contributed by atoms with E-state index in [1.54, 1.807) is 51.1 Å². The summed E-state index contributed by atoms with van der Waals surface area (Å²) in [7, 11) is 0. The van der Waals surface area contributed by atoms with E-state index < -0.39 is 35.0 Å². The highest BCUT2D eigenvalue weighted by atomic mass is 19.1. The average Bonchev–Trinajstić information content (AvgIpc) is 3.19. The van der Waals surface area contributed by atoms with Crippen molar-refractivity contribution in [1.29, 1.82) is 0 Å². The lowest BCUT2D eigenvalue weighted by atomic mass is 10.00. The van der Waals surface area contributed by atoms with E-state index >= 15 is 4.39 Å². The molecule has 0 fully saturated rings. The number of halogens is 2. The van der Waals surface area contributed by atoms with Crippen molar-refractivity contribution in [1.82, 2.24) is 20.3 Å². The second-order valence-electron chi connectivity index (χ2n) is 9.14. The third-order valence-electron chi connectivity index (χ3n) is 5.26. The number of fused-ring (bicyclic) bond motifs is 1. The van der Waals surface area contributed by atoms with Crippen molar-refractivity contribution in [3.8, 4) is 0 Å². The molecule has 1 unspecified atom stereocenters. The number of nitrogens with one attached hydrogen (secondary N) is 1. The molecule has 0 aliphatic carbocycles. The minimum atomic E-state index is -1.40. The van der Waals surface area contributed by atoms with Gasteiger partial charge in [0.1, 0.15) is 29.7 Å². The van der Waals surface area contributed by atoms with Gasteiger partial charge < -0.3 is 5.32 Å². The molecule has 0 bridgehead atoms. The Balaban J connectivity index is 1.84. The Morgan fingerprint density at radius 1 is 1.00 bits per heavy atom. The van der Waals surface area contributed by atoms with Gasteiger partial charge in [-0.2, -0.15) is 0 Å². The summed E-state index contributed by atoms with van der Waals surface area (Å²) in [5.41, 5.74) is 0.627. The summed E-state index contributed by atoms with van der Waals surface area (Å²) in [4.78, 5) is 28.4. The molecule has 3 aromatic carbocycles. The molecule has 0 radical (unpaired) electrons. The number of rotatable bonds is 6. The molecule has 1 N–H and O–H groups in total. The van der Waals surface area contributed by atoms with Crippen LogP contribution in [-0.4, -0.2) is 32.3 Å². The third-order valence-corrected chi connectivity index (χ3v) is 5.26. The van der Waals surface area contributed by atoms with Crippen LogP contribution in [0.1, 0.15) is 32.4 Å². The number of anilines is 1. The van der Waals surface area contributed by atoms with Crippen LogP contribution in [0.4, 0.5) is 14.5 Å². The first-order valence-electron chi connectivity index (χ1n) is 11.1. The average molecular weight is 478 g/mol. The molecule has 1 atom stereocenters. The first-order valence-corrected chi connectivity index (χ1v) is 11.1. The van der Waals surface area contributed by atoms with Crippen LogP contribution < -0.4 is 10.2 Å². The molecule has 9 heteroatoms. The number of hydrogen-bond acceptors (Lipinski definition) is 4. The maximum absolute atomic E-state index is 15.0. The maximum Gasteiger partial charge on any atom is 0.249 e. The van der Waals surface area contributed by atoms with Crippen LogP contribution >= 0.6 is 0 Å². The summed E-state index contributed by atoms with van der Waals surface area (Å²) in [6.07, 6.45) is 0. The SMILES string of the molecule is CC(C)(C)NC(=O)C(c1ccccc1F)N(C(=O)Cn1nnc2ccccc21)c1cccc(F)c1. The van der Waals surface area contributed by atoms with Crippen molar-refractivity contribution in [2.75, 3.05) is 4.90 Å². The largest absolute Gasteiger partial charge is 0.349 e. The minimum absolute atomic E-state index is 0.0182. The Hall–Kier alpha value is -4.14. The fourth-order valence-electron chi connectivity index (χ4n) is 3.83. The predicted octanol–water partition coefficient (Wildman–Crippen LogP) is 4.40. The molecule has 2 amide bonds. The molecule has 7 nitrogen and oxygen atoms in total. The summed E-state index contributed by atoms with van der Waals surface area (Å²) >= 11 is 0. The second-order valence-corrected chi connectivity index (χ2v) is 9.14. The third kappa shape index (κ3) is 5.34. The summed E-state index contributed by atoms with van der Waals surface area (Å²) in [6, 6.07) is 16.7. The van der Waals surface area contributed by atoms with Gasteiger partial charge in [-0.3, -0.25) is 14.5 Å². The fraction of sp³-hybridized carbons (Fsp3) is 0.231. The van der Waals surface area contributed by atoms with Crippen LogP contribution in [0.25, 0.3) is 11.0 Å². The molecular formula is C26H25F2N5O2. The number of carbonyl (C=O) groups excluding carboxylic acids is 2. The lowest BCUT2D eigenvalue weighted by molar-refractivity contribution is -0.128. The van der Waals surface area contributed by atoms with Crippen LogP contribution in [0.15, 0.2) is 72.8 Å². The standard InChI is InChI=1S/C26H25F2N5O2/c1-26(2,3)29-25(35)24(19-11-4-5-12-20(19)28)33(18-10-8-9-17(27)15-18)23(34)16-32-22-14-7-6-13-21(22)30-31-32/h4-15,24H,16H2,1-3H3,(H,29,35). The van der Waals surface area contributed by atoms with E-state index in [9.17, 15) is 14.0 Å². The lowest BCUT2D eigenvalue weighted by Gasteiger charge is -2.34. The lowest BCUT2D eigenvalue weighted by Crippen LogP contribution is -2.50. The first kappa shape index (κ1) is 24.0. The number of carbonyl (C=O) groups is 2. The van der Waals surface area contributed by atoms with Crippen LogP contribution in [0, 0.1) is 11.6 Å². The highest BCUT2D eigenvalue weighted by Crippen LogP contribution is 2.31. The van der Waals surface area contributed by atoms with E-state index in [1.807, 2.05) is 0 Å². The molecule has 35 heavy (non-hydrogen) atoms. The van der Waals surface area contributed by atoms with Gasteiger partial charge in [-0.15, -0.1) is 5.10 Å². The summed E-state index contributed by atoms with van der Waals surface area (Å²) in [5, 5.41) is 10.9. The van der Waals surface area contributed by atoms with Gasteiger partial charge in [0.15, 0.2) is 0 Å². The van der Waals surface area contributed by atoms with Gasteiger partial charge in [-0.25, -0.2) is 13.5 Å². The van der Waals surface area contributed by atoms with Crippen molar-refractivity contribution >= 4 is 28.5 Å². The van der Waals surface area contributed by atoms with E-state index in [2.05, 4.69) is 15.6 Å². The van der Waals surface area contributed by atoms with E-state index in [4.69, 9.17) is 0 Å². The van der Waals surface area contributed by atoms with Gasteiger partial charge in [-0.05, 0) is 57.2 Å². The van der Waals surface area contributed by atoms with Gasteiger partial charge in [0.2, 0.25) is 11.8 Å². The quantitative estimate of drug-likeness (QED) is 0.447. The number of hydrogen-bond donors (Lipinski definition) is 1. The molecule has 0 aliphatic heterocycles. The van der Waals surface area contributed by atoms with Crippen molar-refractivity contribution < 1.29 is 18.4 Å². The number of nitrogens with zero attached hydrogens (tertiary/aromatic N) is 4. The highest BCUT2D eigenvalue weighted by molar-refractivity contribution is 6.01. The molecule has 0 saturated heterocycles. The molecule has 4 aromatic rings. The van der Waals surface area contributed by atoms with Gasteiger partial charge in [0, 0.05) is 16.8 Å². The van der Waals surface area contributed by atoms with Crippen LogP contribution in [0.3, 0.4) is 0 Å². The Kier molecular flexibility index (Phi) is 6.59. The number of amides is 2. The summed E-state index contributed by atoms with van der Waals surface area (Å²) < 4.78 is 30.7. The molecule has 0 spiro atoms. The highest BCUT2D eigenvalue weighted by Gasteiger charge is 2.36. The Labute approximate surface area is 201 Å². The first-order chi connectivity index (χ1) is 16.6. The molecule has 1 aromatic heterocycles. The molecular weight excluding hydrogens is 452 g/mol. The van der Waals surface area contributed by atoms with Gasteiger partial charge >= 0.3 is 0 Å². The van der Waals surface area contributed by atoms with Crippen molar-refractivity contribution in [3.05, 3.63) is 90.0 Å². The van der Waals surface area contributed by atoms with Crippen molar-refractivity contribution in [2.45, 2.75) is 38.9 Å². The molecule has 180 valence electrons. The topological polar surface area (TPSA) is 80.1 Å². The molecule has 4 rings (SSSR count). The second kappa shape index (κ2) is 9.61. The van der Waals surface area contributed by atoms with Crippen molar-refractivity contribution in [2.24, 2.45) is 0 Å². The minimum Gasteiger partial charge on any atom is -0.349 e. The maximum atomic E-state index is 15.0. The zero-order chi connectivity index (χ0) is 25.2. The Bertz CT molecular complexity index is 1380. The van der Waals surface area contributed by atoms with E-state index in [-0.39, 0.29) is 17.8 Å². The molecule has 0 aliphatic rings. The van der Waals surface area contributed by atoms with Crippen LogP contribution in [0.2, 0.25) is 0 Å². The monoisotopic (exact) mass is 477 g/mol. The Morgan fingerprint density at radius 3 is 2.43 bits per heavy atom. The predicted molar refractivity (Wildman–Crippen MR) is 128 cm³/mol. The Morgan fingerprint density at radius 2 is 1.71 bits per heavy atom. The number of para-hydroxylation sites is 1. The van der Waals surface area contributed by atoms with E-state index in [0.717, 1.165) is 11.0 Å². The number of benzene rings is 3. The molecule has 0 saturated carbocycles. The van der Waals surface area contributed by atoms with E-state index in [0.29, 0.717) is 11.0 Å². The number of aromatic nitrogens is 3. The summed E-state index contributed by atoms with van der Waals surface area (Å²) in [6.45, 7) is 5.03.